The van der Waals surface area contributed by atoms with Crippen molar-refractivity contribution in [1.82, 2.24) is 25.1 Å². The van der Waals surface area contributed by atoms with Crippen molar-refractivity contribution in [2.45, 2.75) is 38.3 Å². The first-order chi connectivity index (χ1) is 21.2. The molecule has 1 aromatic carbocycles. The van der Waals surface area contributed by atoms with Crippen LogP contribution < -0.4 is 10.2 Å². The van der Waals surface area contributed by atoms with Crippen LogP contribution in [0.15, 0.2) is 36.4 Å². The summed E-state index contributed by atoms with van der Waals surface area (Å²) >= 11 is 0. The fourth-order valence-corrected chi connectivity index (χ4v) is 4.86. The fourth-order valence-electron chi connectivity index (χ4n) is 4.86. The van der Waals surface area contributed by atoms with Crippen LogP contribution in [-0.2, 0) is 23.9 Å². The molecule has 0 aliphatic carbocycles. The molecule has 0 spiro atoms. The maximum absolute atomic E-state index is 13.5. The Morgan fingerprint density at radius 1 is 1.07 bits per heavy atom. The molecule has 4 rings (SSSR count). The highest BCUT2D eigenvalue weighted by Gasteiger charge is 2.32. The van der Waals surface area contributed by atoms with Crippen molar-refractivity contribution in [1.29, 1.82) is 0 Å². The first-order valence-corrected chi connectivity index (χ1v) is 14.2. The molecule has 2 aromatic rings. The molecule has 2 unspecified atom stereocenters. The monoisotopic (exact) mass is 614 g/mol. The Balaban J connectivity index is 0.00000169. The van der Waals surface area contributed by atoms with Gasteiger partial charge in [-0.15, -0.1) is 0 Å². The van der Waals surface area contributed by atoms with Crippen LogP contribution >= 0.6 is 0 Å². The lowest BCUT2D eigenvalue weighted by molar-refractivity contribution is -0.138. The lowest BCUT2D eigenvalue weighted by Gasteiger charge is -2.35. The number of amides is 3. The molecule has 1 aromatic heterocycles. The SMILES string of the molecule is CCOC(=O)N1CCN(C(=O)C(CCC(=O)O)NC(=O)c2cc(N3CCC(OC)C3)nc(-c3ccccc3)n2)CC1.O=CO. The maximum atomic E-state index is 13.5. The standard InChI is InChI=1S/C28H36N6O7.CH2O2/c1-3-41-28(39)33-15-13-32(14-16-33)27(38)21(9-10-24(35)36)30-26(37)22-17-23(34-12-11-20(18-34)40-2)31-25(29-22)19-7-5-4-6-8-19;2-1-3/h4-8,17,20-21H,3,9-16,18H2,1-2H3,(H,30,37)(H,35,36);1H,(H,2,3). The smallest absolute Gasteiger partial charge is 0.409 e. The Morgan fingerprint density at radius 2 is 1.73 bits per heavy atom. The second-order valence-corrected chi connectivity index (χ2v) is 9.97. The number of aliphatic carboxylic acids is 1. The van der Waals surface area contributed by atoms with Crippen LogP contribution in [0.2, 0.25) is 0 Å². The number of piperazine rings is 1. The van der Waals surface area contributed by atoms with E-state index in [1.807, 2.05) is 35.2 Å². The number of anilines is 1. The van der Waals surface area contributed by atoms with E-state index in [1.54, 1.807) is 20.1 Å². The van der Waals surface area contributed by atoms with Gasteiger partial charge in [-0.2, -0.15) is 0 Å². The Labute approximate surface area is 254 Å². The molecular formula is C29H38N6O9. The van der Waals surface area contributed by atoms with Crippen LogP contribution in [-0.4, -0.2) is 125 Å². The van der Waals surface area contributed by atoms with E-state index in [9.17, 15) is 24.3 Å². The Kier molecular flexibility index (Phi) is 12.8. The molecule has 2 atom stereocenters. The minimum Gasteiger partial charge on any atom is -0.483 e. The fraction of sp³-hybridized carbons (Fsp3) is 0.483. The predicted molar refractivity (Wildman–Crippen MR) is 157 cm³/mol. The van der Waals surface area contributed by atoms with Crippen molar-refractivity contribution in [3.05, 3.63) is 42.1 Å². The lowest BCUT2D eigenvalue weighted by atomic mass is 10.1. The number of hydrogen-bond donors (Lipinski definition) is 3. The van der Waals surface area contributed by atoms with Gasteiger partial charge in [0.2, 0.25) is 5.91 Å². The van der Waals surface area contributed by atoms with Gasteiger partial charge in [-0.1, -0.05) is 30.3 Å². The first kappa shape index (κ1) is 33.7. The molecule has 3 N–H and O–H groups in total. The lowest BCUT2D eigenvalue weighted by Crippen LogP contribution is -2.56. The number of nitrogens with one attached hydrogen (secondary N) is 1. The number of nitrogens with zero attached hydrogens (tertiary/aromatic N) is 5. The Morgan fingerprint density at radius 3 is 2.32 bits per heavy atom. The van der Waals surface area contributed by atoms with Crippen molar-refractivity contribution >= 4 is 36.2 Å². The Hall–Kier alpha value is -4.79. The summed E-state index contributed by atoms with van der Waals surface area (Å²) in [6.07, 6.45) is 0.0143. The molecule has 2 aliphatic rings. The quantitative estimate of drug-likeness (QED) is 0.326. The van der Waals surface area contributed by atoms with Crippen LogP contribution in [0.1, 0.15) is 36.7 Å². The summed E-state index contributed by atoms with van der Waals surface area (Å²) < 4.78 is 10.5. The van der Waals surface area contributed by atoms with E-state index in [-0.39, 0.29) is 63.9 Å². The summed E-state index contributed by atoms with van der Waals surface area (Å²) in [5.74, 6) is -1.18. The third kappa shape index (κ3) is 9.36. The van der Waals surface area contributed by atoms with Crippen LogP contribution in [0.3, 0.4) is 0 Å². The number of carbonyl (C=O) groups is 5. The van der Waals surface area contributed by atoms with Crippen LogP contribution in [0.5, 0.6) is 0 Å². The van der Waals surface area contributed by atoms with Gasteiger partial charge in [0, 0.05) is 64.4 Å². The third-order valence-corrected chi connectivity index (χ3v) is 7.15. The minimum atomic E-state index is -1.09. The van der Waals surface area contributed by atoms with Gasteiger partial charge in [0.15, 0.2) is 5.82 Å². The van der Waals surface area contributed by atoms with Gasteiger partial charge in [0.25, 0.3) is 12.4 Å². The number of benzene rings is 1. The number of carboxylic acid groups (broad SMARTS) is 2. The van der Waals surface area contributed by atoms with Crippen LogP contribution in [0.25, 0.3) is 11.4 Å². The number of carboxylic acids is 1. The highest BCUT2D eigenvalue weighted by atomic mass is 16.6. The largest absolute Gasteiger partial charge is 0.483 e. The molecule has 3 heterocycles. The topological polar surface area (TPSA) is 192 Å². The zero-order valence-corrected chi connectivity index (χ0v) is 24.8. The molecule has 0 saturated carbocycles. The highest BCUT2D eigenvalue weighted by Crippen LogP contribution is 2.24. The van der Waals surface area contributed by atoms with Crippen molar-refractivity contribution < 1.29 is 43.7 Å². The molecule has 2 fully saturated rings. The van der Waals surface area contributed by atoms with Gasteiger partial charge >= 0.3 is 12.1 Å². The summed E-state index contributed by atoms with van der Waals surface area (Å²) in [4.78, 5) is 73.0. The van der Waals surface area contributed by atoms with E-state index >= 15 is 0 Å². The molecule has 0 bridgehead atoms. The normalized spacial score (nSPS) is 16.8. The molecule has 15 nitrogen and oxygen atoms in total. The average molecular weight is 615 g/mol. The van der Waals surface area contributed by atoms with Crippen LogP contribution in [0.4, 0.5) is 10.6 Å². The molecular weight excluding hydrogens is 576 g/mol. The van der Waals surface area contributed by atoms with E-state index in [0.717, 1.165) is 12.0 Å². The summed E-state index contributed by atoms with van der Waals surface area (Å²) in [5, 5.41) is 18.9. The molecule has 15 heteroatoms. The zero-order chi connectivity index (χ0) is 32.1. The number of hydrogen-bond acceptors (Lipinski definition) is 10. The second kappa shape index (κ2) is 16.7. The summed E-state index contributed by atoms with van der Waals surface area (Å²) in [7, 11) is 1.66. The molecule has 44 heavy (non-hydrogen) atoms. The van der Waals surface area contributed by atoms with E-state index in [1.165, 1.54) is 9.80 Å². The van der Waals surface area contributed by atoms with Crippen molar-refractivity contribution in [3.8, 4) is 11.4 Å². The molecule has 0 radical (unpaired) electrons. The third-order valence-electron chi connectivity index (χ3n) is 7.15. The van der Waals surface area contributed by atoms with Gasteiger partial charge in [-0.25, -0.2) is 14.8 Å². The van der Waals surface area contributed by atoms with Crippen LogP contribution in [0, 0.1) is 0 Å². The first-order valence-electron chi connectivity index (χ1n) is 14.2. The molecule has 2 saturated heterocycles. The highest BCUT2D eigenvalue weighted by molar-refractivity contribution is 5.97. The van der Waals surface area contributed by atoms with E-state index in [2.05, 4.69) is 10.3 Å². The molecule has 3 amide bonds. The van der Waals surface area contributed by atoms with Crippen molar-refractivity contribution in [3.63, 3.8) is 0 Å². The summed E-state index contributed by atoms with van der Waals surface area (Å²) in [5.41, 5.74) is 0.791. The number of ether oxygens (including phenoxy) is 2. The summed E-state index contributed by atoms with van der Waals surface area (Å²) in [6.45, 7) is 4.06. The van der Waals surface area contributed by atoms with Crippen molar-refractivity contribution in [2.75, 3.05) is 57.9 Å². The molecule has 2 aliphatic heterocycles. The van der Waals surface area contributed by atoms with Gasteiger partial charge in [-0.05, 0) is 19.8 Å². The second-order valence-electron chi connectivity index (χ2n) is 9.97. The Bertz CT molecular complexity index is 1290. The summed E-state index contributed by atoms with van der Waals surface area (Å²) in [6, 6.07) is 9.76. The number of rotatable bonds is 10. The predicted octanol–water partition coefficient (Wildman–Crippen LogP) is 1.33. The number of methoxy groups -OCH3 is 1. The number of aromatic nitrogens is 2. The van der Waals surface area contributed by atoms with Gasteiger partial charge < -0.3 is 39.7 Å². The minimum absolute atomic E-state index is 0.0460. The van der Waals surface area contributed by atoms with E-state index < -0.39 is 29.9 Å². The molecule has 238 valence electrons. The average Bonchev–Trinajstić information content (AvgIpc) is 3.53. The number of carbonyl (C=O) groups excluding carboxylic acids is 3. The van der Waals surface area contributed by atoms with E-state index in [0.29, 0.717) is 24.7 Å². The van der Waals surface area contributed by atoms with Gasteiger partial charge in [-0.3, -0.25) is 19.2 Å². The van der Waals surface area contributed by atoms with Gasteiger partial charge in [0.05, 0.1) is 12.7 Å². The zero-order valence-electron chi connectivity index (χ0n) is 24.8. The maximum Gasteiger partial charge on any atom is 0.409 e. The van der Waals surface area contributed by atoms with E-state index in [4.69, 9.17) is 24.4 Å². The van der Waals surface area contributed by atoms with Gasteiger partial charge in [0.1, 0.15) is 17.6 Å². The van der Waals surface area contributed by atoms with Crippen molar-refractivity contribution in [2.24, 2.45) is 0 Å².